The monoisotopic (exact) mass is 369 g/mol. The van der Waals surface area contributed by atoms with Gasteiger partial charge in [0, 0.05) is 15.0 Å². The summed E-state index contributed by atoms with van der Waals surface area (Å²) in [6, 6.07) is 9.82. The summed E-state index contributed by atoms with van der Waals surface area (Å²) in [6.45, 7) is 6.35. The Bertz CT molecular complexity index is 597. The Hall–Kier alpha value is -1.30. The van der Waals surface area contributed by atoms with Gasteiger partial charge in [-0.3, -0.25) is 0 Å². The molecule has 1 aromatic carbocycles. The number of rotatable bonds is 3. The maximum Gasteiger partial charge on any atom is 0.338 e. The number of carbonyl (C=O) groups excluding carboxylic acids is 1. The minimum atomic E-state index is -0.270. The lowest BCUT2D eigenvalue weighted by molar-refractivity contribution is 0.0526. The average Bonchev–Trinajstić information content (AvgIpc) is 2.70. The van der Waals surface area contributed by atoms with E-state index in [-0.39, 0.29) is 5.97 Å². The number of hydrogen-bond acceptors (Lipinski definition) is 2. The van der Waals surface area contributed by atoms with Gasteiger partial charge in [0.1, 0.15) is 0 Å². The van der Waals surface area contributed by atoms with E-state index < -0.39 is 0 Å². The molecule has 0 unspecified atom stereocenters. The zero-order valence-corrected chi connectivity index (χ0v) is 13.4. The van der Waals surface area contributed by atoms with Crippen LogP contribution in [0.1, 0.15) is 28.7 Å². The molecule has 0 aliphatic heterocycles. The van der Waals surface area contributed by atoms with E-state index in [1.54, 1.807) is 0 Å². The van der Waals surface area contributed by atoms with Gasteiger partial charge in [-0.25, -0.2) is 4.79 Å². The van der Waals surface area contributed by atoms with Crippen LogP contribution in [0.4, 0.5) is 0 Å². The first-order chi connectivity index (χ1) is 9.04. The van der Waals surface area contributed by atoms with Gasteiger partial charge in [-0.15, -0.1) is 0 Å². The number of hydrogen-bond donors (Lipinski definition) is 0. The lowest BCUT2D eigenvalue weighted by Crippen LogP contribution is -2.07. The van der Waals surface area contributed by atoms with Gasteiger partial charge < -0.3 is 9.30 Å². The van der Waals surface area contributed by atoms with E-state index in [0.29, 0.717) is 12.2 Å². The largest absolute Gasteiger partial charge is 0.462 e. The lowest BCUT2D eigenvalue weighted by atomic mass is 10.2. The van der Waals surface area contributed by atoms with Crippen LogP contribution in [-0.2, 0) is 4.74 Å². The van der Waals surface area contributed by atoms with E-state index in [9.17, 15) is 4.79 Å². The molecule has 0 saturated carbocycles. The second-order valence-electron chi connectivity index (χ2n) is 4.34. The molecule has 0 atom stereocenters. The van der Waals surface area contributed by atoms with Crippen molar-refractivity contribution in [3.63, 3.8) is 0 Å². The Labute approximate surface area is 126 Å². The molecular formula is C15H16INO2. The SMILES string of the molecule is CCOC(=O)c1ccc(-n2c(C)ccc2C)c(I)c1. The Morgan fingerprint density at radius 3 is 2.37 bits per heavy atom. The predicted molar refractivity (Wildman–Crippen MR) is 83.9 cm³/mol. The average molecular weight is 369 g/mol. The summed E-state index contributed by atoms with van der Waals surface area (Å²) in [7, 11) is 0. The second kappa shape index (κ2) is 5.77. The summed E-state index contributed by atoms with van der Waals surface area (Å²) in [5.74, 6) is -0.270. The van der Waals surface area contributed by atoms with Crippen LogP contribution in [0.25, 0.3) is 5.69 Å². The highest BCUT2D eigenvalue weighted by Crippen LogP contribution is 2.23. The summed E-state index contributed by atoms with van der Waals surface area (Å²) in [4.78, 5) is 11.7. The quantitative estimate of drug-likeness (QED) is 0.608. The van der Waals surface area contributed by atoms with E-state index in [4.69, 9.17) is 4.74 Å². The number of benzene rings is 1. The summed E-state index contributed by atoms with van der Waals surface area (Å²) in [6.07, 6.45) is 0. The molecule has 1 aromatic heterocycles. The fraction of sp³-hybridized carbons (Fsp3) is 0.267. The molecule has 0 radical (unpaired) electrons. The normalized spacial score (nSPS) is 10.5. The van der Waals surface area contributed by atoms with Crippen LogP contribution in [0.3, 0.4) is 0 Å². The molecule has 1 heterocycles. The second-order valence-corrected chi connectivity index (χ2v) is 5.50. The molecule has 0 saturated heterocycles. The number of esters is 1. The maximum absolute atomic E-state index is 11.7. The molecule has 0 bridgehead atoms. The number of halogens is 1. The molecule has 4 heteroatoms. The van der Waals surface area contributed by atoms with Crippen molar-refractivity contribution in [1.82, 2.24) is 4.57 Å². The third-order valence-electron chi connectivity index (χ3n) is 2.97. The fourth-order valence-corrected chi connectivity index (χ4v) is 2.83. The van der Waals surface area contributed by atoms with Gasteiger partial charge >= 0.3 is 5.97 Å². The van der Waals surface area contributed by atoms with Crippen LogP contribution >= 0.6 is 22.6 Å². The molecule has 0 aliphatic carbocycles. The zero-order chi connectivity index (χ0) is 14.0. The molecule has 3 nitrogen and oxygen atoms in total. The predicted octanol–water partition coefficient (Wildman–Crippen LogP) is 3.88. The first kappa shape index (κ1) is 14.1. The van der Waals surface area contributed by atoms with Gasteiger partial charge in [-0.2, -0.15) is 0 Å². The van der Waals surface area contributed by atoms with Crippen LogP contribution < -0.4 is 0 Å². The first-order valence-electron chi connectivity index (χ1n) is 6.16. The highest BCUT2D eigenvalue weighted by atomic mass is 127. The highest BCUT2D eigenvalue weighted by Gasteiger charge is 2.12. The topological polar surface area (TPSA) is 31.2 Å². The zero-order valence-electron chi connectivity index (χ0n) is 11.2. The van der Waals surface area contributed by atoms with Crippen LogP contribution in [0.5, 0.6) is 0 Å². The molecule has 19 heavy (non-hydrogen) atoms. The minimum absolute atomic E-state index is 0.270. The molecule has 0 spiro atoms. The van der Waals surface area contributed by atoms with E-state index in [2.05, 4.69) is 53.1 Å². The molecule has 0 amide bonds. The van der Waals surface area contributed by atoms with Gasteiger partial charge in [0.25, 0.3) is 0 Å². The molecule has 100 valence electrons. The Balaban J connectivity index is 2.43. The number of nitrogens with zero attached hydrogens (tertiary/aromatic N) is 1. The van der Waals surface area contributed by atoms with Crippen molar-refractivity contribution in [2.75, 3.05) is 6.61 Å². The van der Waals surface area contributed by atoms with Gasteiger partial charge in [0.15, 0.2) is 0 Å². The summed E-state index contributed by atoms with van der Waals surface area (Å²) < 4.78 is 8.22. The van der Waals surface area contributed by atoms with Crippen LogP contribution in [-0.4, -0.2) is 17.1 Å². The lowest BCUT2D eigenvalue weighted by Gasteiger charge is -2.12. The smallest absolute Gasteiger partial charge is 0.338 e. The van der Waals surface area contributed by atoms with E-state index in [1.807, 2.05) is 25.1 Å². The summed E-state index contributed by atoms with van der Waals surface area (Å²) in [5.41, 5.74) is 4.05. The highest BCUT2D eigenvalue weighted by molar-refractivity contribution is 14.1. The van der Waals surface area contributed by atoms with Crippen molar-refractivity contribution in [2.45, 2.75) is 20.8 Å². The van der Waals surface area contributed by atoms with E-state index >= 15 is 0 Å². The number of carbonyl (C=O) groups is 1. The molecule has 0 aliphatic rings. The minimum Gasteiger partial charge on any atom is -0.462 e. The van der Waals surface area contributed by atoms with Crippen molar-refractivity contribution >= 4 is 28.6 Å². The van der Waals surface area contributed by atoms with Crippen LogP contribution in [0.15, 0.2) is 30.3 Å². The Morgan fingerprint density at radius 1 is 1.21 bits per heavy atom. The number of aryl methyl sites for hydroxylation is 2. The molecule has 0 N–H and O–H groups in total. The van der Waals surface area contributed by atoms with Crippen molar-refractivity contribution in [2.24, 2.45) is 0 Å². The number of aromatic nitrogens is 1. The Kier molecular flexibility index (Phi) is 4.29. The Morgan fingerprint density at radius 2 is 1.84 bits per heavy atom. The van der Waals surface area contributed by atoms with Gasteiger partial charge in [-0.05, 0) is 73.7 Å². The van der Waals surface area contributed by atoms with E-state index in [1.165, 1.54) is 11.4 Å². The van der Waals surface area contributed by atoms with Crippen LogP contribution in [0, 0.1) is 17.4 Å². The van der Waals surface area contributed by atoms with Crippen LogP contribution in [0.2, 0.25) is 0 Å². The third-order valence-corrected chi connectivity index (χ3v) is 3.83. The van der Waals surface area contributed by atoms with Gasteiger partial charge in [0.2, 0.25) is 0 Å². The maximum atomic E-state index is 11.7. The fourth-order valence-electron chi connectivity index (χ4n) is 2.08. The summed E-state index contributed by atoms with van der Waals surface area (Å²) >= 11 is 2.25. The number of ether oxygens (including phenoxy) is 1. The van der Waals surface area contributed by atoms with Crippen molar-refractivity contribution in [3.05, 3.63) is 50.9 Å². The first-order valence-corrected chi connectivity index (χ1v) is 7.24. The molecular weight excluding hydrogens is 353 g/mol. The van der Waals surface area contributed by atoms with E-state index in [0.717, 1.165) is 9.26 Å². The third kappa shape index (κ3) is 2.83. The van der Waals surface area contributed by atoms with Gasteiger partial charge in [0.05, 0.1) is 17.9 Å². The standard InChI is InChI=1S/C15H16INO2/c1-4-19-15(18)12-7-8-14(13(16)9-12)17-10(2)5-6-11(17)3/h5-9H,4H2,1-3H3. The molecule has 2 rings (SSSR count). The van der Waals surface area contributed by atoms with Crippen molar-refractivity contribution < 1.29 is 9.53 Å². The van der Waals surface area contributed by atoms with Crippen molar-refractivity contribution in [1.29, 1.82) is 0 Å². The van der Waals surface area contributed by atoms with Crippen molar-refractivity contribution in [3.8, 4) is 5.69 Å². The van der Waals surface area contributed by atoms with Gasteiger partial charge in [-0.1, -0.05) is 0 Å². The molecule has 2 aromatic rings. The molecule has 0 fully saturated rings. The summed E-state index contributed by atoms with van der Waals surface area (Å²) in [5, 5.41) is 0.